The normalized spacial score (nSPS) is 17.1. The highest BCUT2D eigenvalue weighted by Gasteiger charge is 2.42. The Kier molecular flexibility index (Phi) is 4.88. The maximum absolute atomic E-state index is 12.3. The van der Waals surface area contributed by atoms with Crippen molar-refractivity contribution >= 4 is 11.7 Å². The van der Waals surface area contributed by atoms with Gasteiger partial charge in [-0.05, 0) is 49.7 Å². The number of carbonyl (C=O) groups excluding carboxylic acids is 1. The molecule has 0 saturated heterocycles. The molecule has 21 heavy (non-hydrogen) atoms. The number of para-hydroxylation sites is 1. The molecule has 1 aromatic rings. The van der Waals surface area contributed by atoms with Crippen LogP contribution in [-0.4, -0.2) is 23.3 Å². The van der Waals surface area contributed by atoms with E-state index in [-0.39, 0.29) is 12.6 Å². The number of hydrogen-bond donors (Lipinski definition) is 3. The van der Waals surface area contributed by atoms with E-state index < -0.39 is 5.54 Å². The predicted octanol–water partition coefficient (Wildman–Crippen LogP) is 3.09. The number of anilines is 1. The van der Waals surface area contributed by atoms with Crippen molar-refractivity contribution in [2.45, 2.75) is 52.0 Å². The van der Waals surface area contributed by atoms with Crippen LogP contribution in [0, 0.1) is 5.92 Å². The van der Waals surface area contributed by atoms with E-state index in [4.69, 9.17) is 0 Å². The lowest BCUT2D eigenvalue weighted by atomic mass is 9.97. The molecule has 3 N–H and O–H groups in total. The minimum Gasteiger partial charge on any atom is -0.394 e. The van der Waals surface area contributed by atoms with Gasteiger partial charge in [-0.25, -0.2) is 4.79 Å². The summed E-state index contributed by atoms with van der Waals surface area (Å²) in [7, 11) is 0. The van der Waals surface area contributed by atoms with Crippen molar-refractivity contribution in [1.82, 2.24) is 5.32 Å². The van der Waals surface area contributed by atoms with Crippen LogP contribution < -0.4 is 10.6 Å². The van der Waals surface area contributed by atoms with E-state index in [1.165, 1.54) is 0 Å². The van der Waals surface area contributed by atoms with Gasteiger partial charge in [0.25, 0.3) is 0 Å². The Balaban J connectivity index is 2.12. The fraction of sp³-hybridized carbons (Fsp3) is 0.588. The Morgan fingerprint density at radius 3 is 2.29 bits per heavy atom. The summed E-state index contributed by atoms with van der Waals surface area (Å²) >= 11 is 0. The summed E-state index contributed by atoms with van der Waals surface area (Å²) in [5, 5.41) is 15.5. The van der Waals surface area contributed by atoms with Crippen LogP contribution in [0.25, 0.3) is 0 Å². The van der Waals surface area contributed by atoms with Crippen molar-refractivity contribution < 1.29 is 9.90 Å². The molecule has 1 atom stereocenters. The number of carbonyl (C=O) groups is 1. The molecule has 0 spiro atoms. The predicted molar refractivity (Wildman–Crippen MR) is 85.6 cm³/mol. The Morgan fingerprint density at radius 2 is 1.86 bits per heavy atom. The van der Waals surface area contributed by atoms with E-state index >= 15 is 0 Å². The first-order valence-corrected chi connectivity index (χ1v) is 7.84. The van der Waals surface area contributed by atoms with Crippen LogP contribution in [0.3, 0.4) is 0 Å². The molecule has 1 aliphatic rings. The maximum atomic E-state index is 12.3. The second kappa shape index (κ2) is 6.48. The van der Waals surface area contributed by atoms with Crippen molar-refractivity contribution in [3.8, 4) is 0 Å². The van der Waals surface area contributed by atoms with Crippen LogP contribution >= 0.6 is 0 Å². The summed E-state index contributed by atoms with van der Waals surface area (Å²) in [5.41, 5.74) is 2.68. The molecular weight excluding hydrogens is 264 g/mol. The van der Waals surface area contributed by atoms with Crippen LogP contribution in [0.2, 0.25) is 0 Å². The van der Waals surface area contributed by atoms with Gasteiger partial charge in [-0.3, -0.25) is 0 Å². The van der Waals surface area contributed by atoms with E-state index in [2.05, 4.69) is 24.5 Å². The molecule has 1 aliphatic carbocycles. The van der Waals surface area contributed by atoms with Gasteiger partial charge < -0.3 is 15.7 Å². The molecule has 1 saturated carbocycles. The Labute approximate surface area is 126 Å². The topological polar surface area (TPSA) is 61.4 Å². The quantitative estimate of drug-likeness (QED) is 0.754. The van der Waals surface area contributed by atoms with Gasteiger partial charge in [-0.2, -0.15) is 0 Å². The second-order valence-electron chi connectivity index (χ2n) is 6.09. The minimum atomic E-state index is -0.516. The average molecular weight is 290 g/mol. The third kappa shape index (κ3) is 3.56. The van der Waals surface area contributed by atoms with Gasteiger partial charge in [0, 0.05) is 5.69 Å². The fourth-order valence-corrected chi connectivity index (χ4v) is 2.80. The summed E-state index contributed by atoms with van der Waals surface area (Å²) in [6.07, 6.45) is 3.90. The first-order chi connectivity index (χ1) is 10.0. The van der Waals surface area contributed by atoms with Crippen molar-refractivity contribution in [1.29, 1.82) is 0 Å². The Hall–Kier alpha value is -1.55. The van der Waals surface area contributed by atoms with Crippen LogP contribution in [-0.2, 0) is 12.8 Å². The monoisotopic (exact) mass is 290 g/mol. The number of aliphatic hydroxyl groups excluding tert-OH is 1. The molecule has 2 amide bonds. The molecule has 0 aliphatic heterocycles. The molecule has 1 unspecified atom stereocenters. The number of urea groups is 1. The first kappa shape index (κ1) is 15.8. The zero-order chi connectivity index (χ0) is 15.5. The third-order valence-corrected chi connectivity index (χ3v) is 4.44. The van der Waals surface area contributed by atoms with Crippen molar-refractivity contribution in [3.05, 3.63) is 29.3 Å². The molecule has 1 fully saturated rings. The summed E-state index contributed by atoms with van der Waals surface area (Å²) in [6, 6.07) is 5.89. The zero-order valence-electron chi connectivity index (χ0n) is 13.2. The number of amides is 2. The van der Waals surface area contributed by atoms with Gasteiger partial charge in [-0.15, -0.1) is 0 Å². The smallest absolute Gasteiger partial charge is 0.319 e. The summed E-state index contributed by atoms with van der Waals surface area (Å²) < 4.78 is 0. The zero-order valence-corrected chi connectivity index (χ0v) is 13.2. The third-order valence-electron chi connectivity index (χ3n) is 4.44. The second-order valence-corrected chi connectivity index (χ2v) is 6.09. The molecule has 0 radical (unpaired) electrons. The first-order valence-electron chi connectivity index (χ1n) is 7.84. The lowest BCUT2D eigenvalue weighted by Crippen LogP contribution is -2.52. The molecular formula is C17H26N2O2. The molecule has 116 valence electrons. The minimum absolute atomic E-state index is 0.0266. The van der Waals surface area contributed by atoms with Gasteiger partial charge in [0.1, 0.15) is 0 Å². The van der Waals surface area contributed by atoms with E-state index in [9.17, 15) is 9.90 Å². The number of hydrogen-bond acceptors (Lipinski definition) is 2. The van der Waals surface area contributed by atoms with E-state index in [0.717, 1.165) is 42.5 Å². The molecule has 0 heterocycles. The molecule has 1 aromatic carbocycles. The SMILES string of the molecule is CCc1cccc(CC)c1NC(=O)NC(C)(CO)C1CC1. The van der Waals surface area contributed by atoms with E-state index in [1.807, 2.05) is 25.1 Å². The fourth-order valence-electron chi connectivity index (χ4n) is 2.80. The van der Waals surface area contributed by atoms with Gasteiger partial charge in [0.2, 0.25) is 0 Å². The summed E-state index contributed by atoms with van der Waals surface area (Å²) in [6.45, 7) is 6.05. The maximum Gasteiger partial charge on any atom is 0.319 e. The highest BCUT2D eigenvalue weighted by molar-refractivity contribution is 5.91. The molecule has 4 heteroatoms. The number of aliphatic hydroxyl groups is 1. The van der Waals surface area contributed by atoms with Gasteiger partial charge in [0.15, 0.2) is 0 Å². The van der Waals surface area contributed by atoms with E-state index in [1.54, 1.807) is 0 Å². The van der Waals surface area contributed by atoms with Crippen molar-refractivity contribution in [2.75, 3.05) is 11.9 Å². The Morgan fingerprint density at radius 1 is 1.29 bits per heavy atom. The molecule has 2 rings (SSSR count). The summed E-state index contributed by atoms with van der Waals surface area (Å²) in [5.74, 6) is 0.389. The highest BCUT2D eigenvalue weighted by Crippen LogP contribution is 2.39. The molecule has 0 bridgehead atoms. The largest absolute Gasteiger partial charge is 0.394 e. The van der Waals surface area contributed by atoms with Crippen molar-refractivity contribution in [2.24, 2.45) is 5.92 Å². The molecule has 0 aromatic heterocycles. The standard InChI is InChI=1S/C17H26N2O2/c1-4-12-7-6-8-13(5-2)15(12)18-16(21)19-17(3,11-20)14-9-10-14/h6-8,14,20H,4-5,9-11H2,1-3H3,(H2,18,19,21). The number of benzene rings is 1. The number of nitrogens with one attached hydrogen (secondary N) is 2. The number of aryl methyl sites for hydroxylation is 2. The summed E-state index contributed by atoms with van der Waals surface area (Å²) in [4.78, 5) is 12.3. The lowest BCUT2D eigenvalue weighted by molar-refractivity contribution is 0.159. The number of rotatable bonds is 6. The van der Waals surface area contributed by atoms with Crippen LogP contribution in [0.15, 0.2) is 18.2 Å². The van der Waals surface area contributed by atoms with Gasteiger partial charge in [0.05, 0.1) is 12.1 Å². The van der Waals surface area contributed by atoms with E-state index in [0.29, 0.717) is 5.92 Å². The molecule has 4 nitrogen and oxygen atoms in total. The highest BCUT2D eigenvalue weighted by atomic mass is 16.3. The van der Waals surface area contributed by atoms with Gasteiger partial charge in [-0.1, -0.05) is 32.0 Å². The van der Waals surface area contributed by atoms with Gasteiger partial charge >= 0.3 is 6.03 Å². The average Bonchev–Trinajstić information content (AvgIpc) is 3.32. The lowest BCUT2D eigenvalue weighted by Gasteiger charge is -2.29. The Bertz CT molecular complexity index is 489. The van der Waals surface area contributed by atoms with Crippen LogP contribution in [0.5, 0.6) is 0 Å². The van der Waals surface area contributed by atoms with Crippen molar-refractivity contribution in [3.63, 3.8) is 0 Å². The van der Waals surface area contributed by atoms with Crippen LogP contribution in [0.1, 0.15) is 44.7 Å². The van der Waals surface area contributed by atoms with Crippen LogP contribution in [0.4, 0.5) is 10.5 Å².